The molecule has 1 aromatic carbocycles. The average molecular weight is 311 g/mol. The van der Waals surface area contributed by atoms with Crippen LogP contribution in [0.5, 0.6) is 0 Å². The largest absolute Gasteiger partial charge is 0.341 e. The lowest BCUT2D eigenvalue weighted by Crippen LogP contribution is -2.32. The summed E-state index contributed by atoms with van der Waals surface area (Å²) in [4.78, 5) is 14.0. The summed E-state index contributed by atoms with van der Waals surface area (Å²) in [6.07, 6.45) is 1.48. The highest BCUT2D eigenvalue weighted by atomic mass is 79.9. The van der Waals surface area contributed by atoms with Crippen molar-refractivity contribution in [3.05, 3.63) is 34.3 Å². The quantitative estimate of drug-likeness (QED) is 0.932. The second kappa shape index (κ2) is 5.85. The Labute approximate surface area is 116 Å². The molecule has 18 heavy (non-hydrogen) atoms. The van der Waals surface area contributed by atoms with Crippen molar-refractivity contribution in [1.82, 2.24) is 4.90 Å². The maximum atomic E-state index is 12.1. The molecule has 0 aromatic heterocycles. The van der Waals surface area contributed by atoms with Crippen LogP contribution in [0.15, 0.2) is 28.7 Å². The minimum atomic E-state index is 0.160. The second-order valence-corrected chi connectivity index (χ2v) is 5.87. The van der Waals surface area contributed by atoms with Crippen LogP contribution in [0.3, 0.4) is 0 Å². The lowest BCUT2D eigenvalue weighted by molar-refractivity contribution is -0.130. The van der Waals surface area contributed by atoms with Crippen LogP contribution in [0.2, 0.25) is 0 Å². The first kappa shape index (κ1) is 13.6. The maximum absolute atomic E-state index is 12.1. The summed E-state index contributed by atoms with van der Waals surface area (Å²) in [5.74, 6) is 0.441. The molecule has 0 aliphatic carbocycles. The van der Waals surface area contributed by atoms with E-state index in [-0.39, 0.29) is 17.9 Å². The number of carbonyl (C=O) groups is 1. The minimum absolute atomic E-state index is 0.160. The fourth-order valence-electron chi connectivity index (χ4n) is 2.39. The molecule has 0 radical (unpaired) electrons. The van der Waals surface area contributed by atoms with E-state index in [4.69, 9.17) is 5.73 Å². The van der Waals surface area contributed by atoms with Gasteiger partial charge in [-0.1, -0.05) is 41.1 Å². The molecule has 2 atom stereocenters. The molecule has 2 N–H and O–H groups in total. The summed E-state index contributed by atoms with van der Waals surface area (Å²) in [5.41, 5.74) is 7.02. The highest BCUT2D eigenvalue weighted by molar-refractivity contribution is 9.10. The Morgan fingerprint density at radius 1 is 1.56 bits per heavy atom. The van der Waals surface area contributed by atoms with E-state index in [2.05, 4.69) is 28.9 Å². The molecule has 4 heteroatoms. The predicted molar refractivity (Wildman–Crippen MR) is 76.3 cm³/mol. The Bertz CT molecular complexity index is 436. The van der Waals surface area contributed by atoms with Gasteiger partial charge in [-0.25, -0.2) is 0 Å². The zero-order valence-electron chi connectivity index (χ0n) is 10.6. The third kappa shape index (κ3) is 3.12. The van der Waals surface area contributed by atoms with Crippen LogP contribution >= 0.6 is 15.9 Å². The topological polar surface area (TPSA) is 46.3 Å². The standard InChI is InChI=1S/C14H19BrN2O/c1-10(12-4-2-3-5-13(12)15)8-14(18)17-7-6-11(16)9-17/h2-5,10-11H,6-9,16H2,1H3/t10-,11+/m1/s1. The molecule has 1 saturated heterocycles. The van der Waals surface area contributed by atoms with E-state index in [9.17, 15) is 4.79 Å². The molecular weight excluding hydrogens is 292 g/mol. The van der Waals surface area contributed by atoms with Crippen molar-refractivity contribution < 1.29 is 4.79 Å². The molecule has 1 fully saturated rings. The minimum Gasteiger partial charge on any atom is -0.341 e. The fourth-order valence-corrected chi connectivity index (χ4v) is 3.07. The predicted octanol–water partition coefficient (Wildman–Crippen LogP) is 2.50. The Morgan fingerprint density at radius 3 is 2.89 bits per heavy atom. The van der Waals surface area contributed by atoms with Crippen LogP contribution in [0.25, 0.3) is 0 Å². The molecule has 1 amide bonds. The summed E-state index contributed by atoms with van der Waals surface area (Å²) < 4.78 is 1.07. The smallest absolute Gasteiger partial charge is 0.223 e. The highest BCUT2D eigenvalue weighted by Gasteiger charge is 2.25. The van der Waals surface area contributed by atoms with Gasteiger partial charge in [0.05, 0.1) is 0 Å². The van der Waals surface area contributed by atoms with Crippen LogP contribution in [0, 0.1) is 0 Å². The van der Waals surface area contributed by atoms with E-state index in [0.29, 0.717) is 13.0 Å². The summed E-state index contributed by atoms with van der Waals surface area (Å²) in [5, 5.41) is 0. The summed E-state index contributed by atoms with van der Waals surface area (Å²) >= 11 is 3.53. The maximum Gasteiger partial charge on any atom is 0.223 e. The van der Waals surface area contributed by atoms with Crippen molar-refractivity contribution in [3.63, 3.8) is 0 Å². The van der Waals surface area contributed by atoms with Crippen LogP contribution in [-0.2, 0) is 4.79 Å². The van der Waals surface area contributed by atoms with Crippen molar-refractivity contribution in [2.24, 2.45) is 5.73 Å². The number of likely N-dealkylation sites (tertiary alicyclic amines) is 1. The molecule has 2 rings (SSSR count). The van der Waals surface area contributed by atoms with E-state index >= 15 is 0 Å². The zero-order valence-corrected chi connectivity index (χ0v) is 12.2. The number of nitrogens with zero attached hydrogens (tertiary/aromatic N) is 1. The zero-order chi connectivity index (χ0) is 13.1. The van der Waals surface area contributed by atoms with Crippen LogP contribution in [0.1, 0.15) is 31.2 Å². The van der Waals surface area contributed by atoms with Crippen molar-refractivity contribution in [2.45, 2.75) is 31.7 Å². The third-order valence-electron chi connectivity index (χ3n) is 3.49. The first-order valence-electron chi connectivity index (χ1n) is 6.35. The lowest BCUT2D eigenvalue weighted by Gasteiger charge is -2.19. The first-order chi connectivity index (χ1) is 8.58. The third-order valence-corrected chi connectivity index (χ3v) is 4.22. The van der Waals surface area contributed by atoms with E-state index < -0.39 is 0 Å². The van der Waals surface area contributed by atoms with Gasteiger partial charge in [-0.05, 0) is 24.0 Å². The molecule has 1 aliphatic heterocycles. The lowest BCUT2D eigenvalue weighted by atomic mass is 9.97. The molecule has 3 nitrogen and oxygen atoms in total. The van der Waals surface area contributed by atoms with E-state index in [0.717, 1.165) is 17.4 Å². The number of nitrogens with two attached hydrogens (primary N) is 1. The van der Waals surface area contributed by atoms with Crippen LogP contribution < -0.4 is 5.73 Å². The van der Waals surface area contributed by atoms with Gasteiger partial charge in [0.2, 0.25) is 5.91 Å². The number of carbonyl (C=O) groups excluding carboxylic acids is 1. The van der Waals surface area contributed by atoms with Gasteiger partial charge >= 0.3 is 0 Å². The molecule has 1 heterocycles. The Kier molecular flexibility index (Phi) is 4.40. The van der Waals surface area contributed by atoms with Gasteiger partial charge in [-0.3, -0.25) is 4.79 Å². The van der Waals surface area contributed by atoms with Crippen molar-refractivity contribution in [3.8, 4) is 0 Å². The SMILES string of the molecule is C[C@H](CC(=O)N1CC[C@H](N)C1)c1ccccc1Br. The molecule has 0 unspecified atom stereocenters. The molecule has 0 saturated carbocycles. The Hall–Kier alpha value is -0.870. The molecule has 98 valence electrons. The number of halogens is 1. The number of benzene rings is 1. The Morgan fingerprint density at radius 2 is 2.28 bits per heavy atom. The van der Waals surface area contributed by atoms with Gasteiger partial charge in [0, 0.05) is 30.0 Å². The fraction of sp³-hybridized carbons (Fsp3) is 0.500. The molecule has 1 aliphatic rings. The number of amides is 1. The molecule has 0 bridgehead atoms. The second-order valence-electron chi connectivity index (χ2n) is 5.02. The number of hydrogen-bond donors (Lipinski definition) is 1. The van der Waals surface area contributed by atoms with Gasteiger partial charge in [0.15, 0.2) is 0 Å². The number of hydrogen-bond acceptors (Lipinski definition) is 2. The van der Waals surface area contributed by atoms with Crippen LogP contribution in [-0.4, -0.2) is 29.9 Å². The van der Waals surface area contributed by atoms with Crippen molar-refractivity contribution in [2.75, 3.05) is 13.1 Å². The summed E-state index contributed by atoms with van der Waals surface area (Å²) in [7, 11) is 0. The normalized spacial score (nSPS) is 21.1. The van der Waals surface area contributed by atoms with Gasteiger partial charge in [-0.15, -0.1) is 0 Å². The summed E-state index contributed by atoms with van der Waals surface area (Å²) in [6.45, 7) is 3.61. The van der Waals surface area contributed by atoms with Crippen molar-refractivity contribution in [1.29, 1.82) is 0 Å². The van der Waals surface area contributed by atoms with Gasteiger partial charge < -0.3 is 10.6 Å². The van der Waals surface area contributed by atoms with E-state index in [1.807, 2.05) is 23.1 Å². The van der Waals surface area contributed by atoms with E-state index in [1.54, 1.807) is 0 Å². The van der Waals surface area contributed by atoms with Gasteiger partial charge in [0.1, 0.15) is 0 Å². The van der Waals surface area contributed by atoms with Gasteiger partial charge in [0.25, 0.3) is 0 Å². The average Bonchev–Trinajstić information content (AvgIpc) is 2.76. The molecule has 0 spiro atoms. The van der Waals surface area contributed by atoms with E-state index in [1.165, 1.54) is 5.56 Å². The monoisotopic (exact) mass is 310 g/mol. The summed E-state index contributed by atoms with van der Waals surface area (Å²) in [6, 6.07) is 8.24. The van der Waals surface area contributed by atoms with Gasteiger partial charge in [-0.2, -0.15) is 0 Å². The molecular formula is C14H19BrN2O. The van der Waals surface area contributed by atoms with Crippen LogP contribution in [0.4, 0.5) is 0 Å². The molecule has 1 aromatic rings. The Balaban J connectivity index is 1.97. The highest BCUT2D eigenvalue weighted by Crippen LogP contribution is 2.27. The first-order valence-corrected chi connectivity index (χ1v) is 7.15. The van der Waals surface area contributed by atoms with Crippen molar-refractivity contribution >= 4 is 21.8 Å². The number of rotatable bonds is 3.